The number of unbranched alkanes of at least 4 members (excludes halogenated alkanes) is 4. The second kappa shape index (κ2) is 20.3. The minimum absolute atomic E-state index is 0.597. The molecule has 0 spiro atoms. The molecular weight excluding hydrogens is 732 g/mol. The molecule has 3 aliphatic heterocycles. The van der Waals surface area contributed by atoms with E-state index < -0.39 is 128 Å². The molecular formula is C35H56N4O16. The number of ether oxygens (including phenoxy) is 4. The third-order valence-electron chi connectivity index (χ3n) is 9.95. The van der Waals surface area contributed by atoms with Crippen LogP contribution in [-0.4, -0.2) is 155 Å². The number of nitrogens with zero attached hydrogens (tertiary/aromatic N) is 1. The zero-order valence-electron chi connectivity index (χ0n) is 31.0. The average molecular weight is 789 g/mol. The molecule has 20 heteroatoms. The Morgan fingerprint density at radius 2 is 1.49 bits per heavy atom. The molecule has 4 rings (SSSR count). The van der Waals surface area contributed by atoms with E-state index in [1.165, 1.54) is 6.08 Å². The lowest BCUT2D eigenvalue weighted by Crippen LogP contribution is -2.68. The van der Waals surface area contributed by atoms with Crippen LogP contribution in [0.1, 0.15) is 71.9 Å². The van der Waals surface area contributed by atoms with Crippen molar-refractivity contribution in [1.82, 2.24) is 20.2 Å². The molecule has 0 aromatic carbocycles. The fourth-order valence-corrected chi connectivity index (χ4v) is 6.92. The van der Waals surface area contributed by atoms with Crippen LogP contribution in [0, 0.1) is 5.92 Å². The van der Waals surface area contributed by atoms with E-state index in [0.717, 1.165) is 55.9 Å². The van der Waals surface area contributed by atoms with Crippen LogP contribution in [0.2, 0.25) is 0 Å². The number of hydrogen-bond donors (Lipinski definition) is 11. The quantitative estimate of drug-likeness (QED) is 0.0536. The summed E-state index contributed by atoms with van der Waals surface area (Å²) >= 11 is 0. The number of rotatable bonds is 17. The standard InChI is InChI=1S/C35H56N4O16/c1-16(2)10-8-6-4-5-7-9-11-21(43)37-24-28(48)25(45)19(52-34(24)55-33-23(36-17(3)41)27(47)26(46)20(15-40)53-33)14-18(42)31-29(49)30(50)32(54-31)39-13-12-22(44)38-35(39)51/h9,11-13,16,18-20,23-34,40,42,45-50H,4-8,10,14-15H2,1-3H3,(H,36,41)(H,37,43)(H,38,44,51)/b11-9+/t18-,19-,20+,23+,24-,25+,26+,27+,28-,29+,30-,31-,32-,33+,34+/m1/s1. The lowest BCUT2D eigenvalue weighted by molar-refractivity contribution is -0.346. The first kappa shape index (κ1) is 44.6. The molecule has 0 unspecified atom stereocenters. The second-order valence-electron chi connectivity index (χ2n) is 14.7. The minimum Gasteiger partial charge on any atom is -0.394 e. The third-order valence-corrected chi connectivity index (χ3v) is 9.95. The van der Waals surface area contributed by atoms with Crippen molar-refractivity contribution in [3.8, 4) is 0 Å². The van der Waals surface area contributed by atoms with Crippen LogP contribution in [0.5, 0.6) is 0 Å². The van der Waals surface area contributed by atoms with E-state index in [0.29, 0.717) is 12.3 Å². The molecule has 312 valence electrons. The molecule has 4 heterocycles. The molecule has 3 aliphatic rings. The molecule has 55 heavy (non-hydrogen) atoms. The van der Waals surface area contributed by atoms with Crippen LogP contribution in [0.4, 0.5) is 0 Å². The van der Waals surface area contributed by atoms with E-state index in [2.05, 4.69) is 24.5 Å². The minimum atomic E-state index is -1.85. The van der Waals surface area contributed by atoms with Gasteiger partial charge in [0.05, 0.1) is 18.8 Å². The average Bonchev–Trinajstić information content (AvgIpc) is 3.42. The molecule has 11 N–H and O–H groups in total. The van der Waals surface area contributed by atoms with E-state index in [1.807, 2.05) is 4.98 Å². The summed E-state index contributed by atoms with van der Waals surface area (Å²) in [5.41, 5.74) is -1.69. The van der Waals surface area contributed by atoms with Crippen molar-refractivity contribution in [1.29, 1.82) is 0 Å². The van der Waals surface area contributed by atoms with Gasteiger partial charge in [0.1, 0.15) is 60.9 Å². The van der Waals surface area contributed by atoms with Crippen molar-refractivity contribution in [2.45, 2.75) is 158 Å². The summed E-state index contributed by atoms with van der Waals surface area (Å²) in [6.45, 7) is 4.67. The molecule has 0 bridgehead atoms. The highest BCUT2D eigenvalue weighted by Gasteiger charge is 2.53. The first-order valence-corrected chi connectivity index (χ1v) is 18.6. The van der Waals surface area contributed by atoms with E-state index in [4.69, 9.17) is 18.9 Å². The molecule has 3 fully saturated rings. The predicted octanol–water partition coefficient (Wildman–Crippen LogP) is -3.65. The highest BCUT2D eigenvalue weighted by atomic mass is 16.8. The van der Waals surface area contributed by atoms with Gasteiger partial charge in [-0.15, -0.1) is 0 Å². The number of aromatic amines is 1. The molecule has 1 aromatic rings. The molecule has 1 aromatic heterocycles. The number of amides is 2. The second-order valence-corrected chi connectivity index (χ2v) is 14.7. The van der Waals surface area contributed by atoms with Gasteiger partial charge in [0, 0.05) is 25.6 Å². The molecule has 0 saturated carbocycles. The van der Waals surface area contributed by atoms with Crippen LogP contribution >= 0.6 is 0 Å². The van der Waals surface area contributed by atoms with Crippen molar-refractivity contribution < 1.29 is 69.4 Å². The number of allylic oxidation sites excluding steroid dienone is 1. The maximum atomic E-state index is 13.1. The van der Waals surface area contributed by atoms with Crippen LogP contribution in [0.3, 0.4) is 0 Å². The largest absolute Gasteiger partial charge is 0.394 e. The summed E-state index contributed by atoms with van der Waals surface area (Å²) in [6.07, 6.45) is -12.8. The summed E-state index contributed by atoms with van der Waals surface area (Å²) in [7, 11) is 0. The fourth-order valence-electron chi connectivity index (χ4n) is 6.92. The summed E-state index contributed by atoms with van der Waals surface area (Å²) in [6, 6.07) is -2.01. The number of nitrogens with one attached hydrogen (secondary N) is 3. The van der Waals surface area contributed by atoms with Gasteiger partial charge in [-0.1, -0.05) is 45.6 Å². The van der Waals surface area contributed by atoms with E-state index in [-0.39, 0.29) is 0 Å². The number of carbonyl (C=O) groups excluding carboxylic acids is 2. The van der Waals surface area contributed by atoms with Crippen molar-refractivity contribution in [2.75, 3.05) is 6.61 Å². The van der Waals surface area contributed by atoms with Gasteiger partial charge >= 0.3 is 5.69 Å². The SMILES string of the molecule is CC(=O)N[C@@H]1[C@H](O[C@@H]2O[C@H](C[C@@H](O)[C@H]3O[C@@H](n4ccc(=O)[nH]c4=O)[C@H](O)[C@@H]3O)[C@H](O)[C@H](O)[C@H]2NC(=O)/C=C/CCCCCCC(C)C)O[C@@H](CO)[C@H](O)[C@H]1O. The van der Waals surface area contributed by atoms with Crippen molar-refractivity contribution in [3.63, 3.8) is 0 Å². The Morgan fingerprint density at radius 1 is 0.873 bits per heavy atom. The fraction of sp³-hybridized carbons (Fsp3) is 0.771. The van der Waals surface area contributed by atoms with Crippen molar-refractivity contribution in [3.05, 3.63) is 45.3 Å². The van der Waals surface area contributed by atoms with Gasteiger partial charge in [0.25, 0.3) is 5.56 Å². The predicted molar refractivity (Wildman–Crippen MR) is 189 cm³/mol. The van der Waals surface area contributed by atoms with Gasteiger partial charge in [-0.3, -0.25) is 23.9 Å². The third kappa shape index (κ3) is 11.5. The zero-order chi connectivity index (χ0) is 40.6. The Kier molecular flexibility index (Phi) is 16.5. The number of aliphatic hydroxyl groups excluding tert-OH is 8. The van der Waals surface area contributed by atoms with Crippen molar-refractivity contribution in [2.24, 2.45) is 5.92 Å². The molecule has 0 radical (unpaired) electrons. The lowest BCUT2D eigenvalue weighted by atomic mass is 9.91. The van der Waals surface area contributed by atoms with Gasteiger partial charge in [0.2, 0.25) is 11.8 Å². The maximum Gasteiger partial charge on any atom is 0.330 e. The van der Waals surface area contributed by atoms with Gasteiger partial charge in [-0.05, 0) is 24.8 Å². The molecule has 0 aliphatic carbocycles. The Labute approximate surface area is 316 Å². The van der Waals surface area contributed by atoms with Gasteiger partial charge in [0.15, 0.2) is 18.8 Å². The molecule has 20 nitrogen and oxygen atoms in total. The van der Waals surface area contributed by atoms with Gasteiger partial charge in [-0.25, -0.2) is 4.79 Å². The Bertz CT molecular complexity index is 1540. The lowest BCUT2D eigenvalue weighted by Gasteiger charge is -2.47. The van der Waals surface area contributed by atoms with Crippen molar-refractivity contribution >= 4 is 11.8 Å². The first-order valence-electron chi connectivity index (χ1n) is 18.6. The summed E-state index contributed by atoms with van der Waals surface area (Å²) in [5.74, 6) is -0.729. The summed E-state index contributed by atoms with van der Waals surface area (Å²) in [4.78, 5) is 50.9. The van der Waals surface area contributed by atoms with E-state index >= 15 is 0 Å². The Balaban J connectivity index is 1.52. The van der Waals surface area contributed by atoms with Gasteiger partial charge < -0.3 is 70.4 Å². The number of aromatic nitrogens is 2. The van der Waals surface area contributed by atoms with Crippen LogP contribution in [-0.2, 0) is 28.5 Å². The number of H-pyrrole nitrogens is 1. The van der Waals surface area contributed by atoms with Gasteiger partial charge in [-0.2, -0.15) is 0 Å². The summed E-state index contributed by atoms with van der Waals surface area (Å²) < 4.78 is 24.0. The highest BCUT2D eigenvalue weighted by molar-refractivity contribution is 5.87. The molecule has 3 saturated heterocycles. The Hall–Kier alpha value is -3.12. The smallest absolute Gasteiger partial charge is 0.330 e. The maximum absolute atomic E-state index is 13.1. The number of carbonyl (C=O) groups is 2. The highest BCUT2D eigenvalue weighted by Crippen LogP contribution is 2.34. The summed E-state index contributed by atoms with van der Waals surface area (Å²) in [5, 5.41) is 91.1. The van der Waals surface area contributed by atoms with Crippen LogP contribution < -0.4 is 21.9 Å². The van der Waals surface area contributed by atoms with Crippen LogP contribution in [0.15, 0.2) is 34.0 Å². The first-order chi connectivity index (χ1) is 26.0. The normalized spacial score (nSPS) is 35.9. The Morgan fingerprint density at radius 3 is 2.11 bits per heavy atom. The number of hydrogen-bond acceptors (Lipinski definition) is 16. The monoisotopic (exact) mass is 788 g/mol. The molecule has 2 amide bonds. The molecule has 15 atom stereocenters. The zero-order valence-corrected chi connectivity index (χ0v) is 31.0. The number of aliphatic hydroxyl groups is 8. The van der Waals surface area contributed by atoms with E-state index in [9.17, 15) is 60.0 Å². The van der Waals surface area contributed by atoms with E-state index in [1.54, 1.807) is 6.08 Å². The topological polar surface area (TPSA) is 312 Å². The van der Waals surface area contributed by atoms with Crippen LogP contribution in [0.25, 0.3) is 0 Å².